The number of allylic oxidation sites excluding steroid dienone is 4. The van der Waals surface area contributed by atoms with Gasteiger partial charge < -0.3 is 14.4 Å². The number of hydrogen-bond donors (Lipinski definition) is 0. The summed E-state index contributed by atoms with van der Waals surface area (Å²) in [5.41, 5.74) is 6.67. The molecule has 0 radical (unpaired) electrons. The summed E-state index contributed by atoms with van der Waals surface area (Å²) in [5, 5.41) is 0. The molecule has 43 heavy (non-hydrogen) atoms. The van der Waals surface area contributed by atoms with Crippen LogP contribution in [0.2, 0.25) is 0 Å². The van der Waals surface area contributed by atoms with Gasteiger partial charge in [-0.05, 0) is 103 Å². The maximum Gasteiger partial charge on any atom is 0.174 e. The Morgan fingerprint density at radius 2 is 1.49 bits per heavy atom. The monoisotopic (exact) mass is 691 g/mol. The van der Waals surface area contributed by atoms with Gasteiger partial charge in [0.1, 0.15) is 12.4 Å². The number of carbonyl (C=O) groups excluding carboxylic acids is 2. The fraction of sp³-hybridized carbons (Fsp3) is 0.333. The number of Topliss-reactive ketones (excluding diaryl/α,β-unsaturated/α-hetero) is 2. The first-order chi connectivity index (χ1) is 20.9. The van der Waals surface area contributed by atoms with Gasteiger partial charge in [-0.1, -0.05) is 42.5 Å². The molecule has 0 saturated carbocycles. The van der Waals surface area contributed by atoms with Gasteiger partial charge in [0.15, 0.2) is 23.1 Å². The zero-order chi connectivity index (χ0) is 29.9. The molecule has 0 atom stereocenters. The molecule has 1 aliphatic heterocycles. The smallest absolute Gasteiger partial charge is 0.174 e. The summed E-state index contributed by atoms with van der Waals surface area (Å²) >= 11 is 2.25. The lowest BCUT2D eigenvalue weighted by Crippen LogP contribution is -2.40. The van der Waals surface area contributed by atoms with E-state index in [1.165, 1.54) is 17.7 Å². The maximum atomic E-state index is 13.8. The number of benzene rings is 3. The molecule has 0 saturated heterocycles. The lowest BCUT2D eigenvalue weighted by molar-refractivity contribution is -0.117. The van der Waals surface area contributed by atoms with Crippen molar-refractivity contribution in [2.75, 3.05) is 13.2 Å². The molecule has 0 fully saturated rings. The van der Waals surface area contributed by atoms with E-state index in [1.807, 2.05) is 25.1 Å². The van der Waals surface area contributed by atoms with Gasteiger partial charge in [-0.25, -0.2) is 4.39 Å². The van der Waals surface area contributed by atoms with Crippen molar-refractivity contribution >= 4 is 34.2 Å². The minimum absolute atomic E-state index is 0.130. The van der Waals surface area contributed by atoms with Crippen LogP contribution in [0.3, 0.4) is 0 Å². The van der Waals surface area contributed by atoms with Gasteiger partial charge in [0.05, 0.1) is 10.2 Å². The van der Waals surface area contributed by atoms with Crippen LogP contribution >= 0.6 is 22.6 Å². The van der Waals surface area contributed by atoms with E-state index in [0.717, 1.165) is 75.9 Å². The van der Waals surface area contributed by atoms with Crippen LogP contribution in [0, 0.1) is 9.39 Å². The van der Waals surface area contributed by atoms with Crippen LogP contribution in [-0.2, 0) is 22.6 Å². The molecule has 3 aliphatic rings. The Morgan fingerprint density at radius 3 is 2.12 bits per heavy atom. The standard InChI is InChI=1S/C36H35FINO4/c1-2-42-32-21-25(20-27(38)36(32)43-22-24-14-16-26(37)17-15-24)33-34-28(10-6-12-30(34)40)39(19-18-23-8-4-3-5-9-23)29-11-7-13-31(41)35(29)33/h3-5,8-9,14-17,20-21,33H,2,6-7,10-13,18-19,22H2,1H3. The number of ether oxygens (including phenoxy) is 2. The van der Waals surface area contributed by atoms with E-state index in [-0.39, 0.29) is 24.0 Å². The van der Waals surface area contributed by atoms with E-state index in [9.17, 15) is 14.0 Å². The Bertz CT molecular complexity index is 1550. The quantitative estimate of drug-likeness (QED) is 0.213. The Labute approximate surface area is 265 Å². The summed E-state index contributed by atoms with van der Waals surface area (Å²) < 4.78 is 26.6. The summed E-state index contributed by atoms with van der Waals surface area (Å²) in [5.74, 6) is 0.729. The number of nitrogens with zero attached hydrogens (tertiary/aromatic N) is 1. The molecular formula is C36H35FINO4. The van der Waals surface area contributed by atoms with Crippen LogP contribution < -0.4 is 9.47 Å². The zero-order valence-electron chi connectivity index (χ0n) is 24.3. The third kappa shape index (κ3) is 6.14. The normalized spacial score (nSPS) is 17.2. The topological polar surface area (TPSA) is 55.8 Å². The molecule has 5 nitrogen and oxygen atoms in total. The Hall–Kier alpha value is -3.46. The predicted octanol–water partition coefficient (Wildman–Crippen LogP) is 8.06. The van der Waals surface area contributed by atoms with Crippen molar-refractivity contribution in [3.63, 3.8) is 0 Å². The van der Waals surface area contributed by atoms with E-state index in [4.69, 9.17) is 9.47 Å². The molecule has 7 heteroatoms. The van der Waals surface area contributed by atoms with Gasteiger partial charge in [-0.2, -0.15) is 0 Å². The molecule has 0 spiro atoms. The van der Waals surface area contributed by atoms with E-state index >= 15 is 0 Å². The summed E-state index contributed by atoms with van der Waals surface area (Å²) in [6.07, 6.45) is 5.12. The largest absolute Gasteiger partial charge is 0.490 e. The average molecular weight is 692 g/mol. The molecule has 0 amide bonds. The molecule has 0 N–H and O–H groups in total. The predicted molar refractivity (Wildman–Crippen MR) is 172 cm³/mol. The SMILES string of the molecule is CCOc1cc(C2C3=C(CCCC3=O)N(CCc3ccccc3)C3=C2C(=O)CCC3)cc(I)c1OCc1ccc(F)cc1. The van der Waals surface area contributed by atoms with Gasteiger partial charge >= 0.3 is 0 Å². The van der Waals surface area contributed by atoms with Crippen LogP contribution in [0.1, 0.15) is 68.1 Å². The highest BCUT2D eigenvalue weighted by molar-refractivity contribution is 14.1. The lowest BCUT2D eigenvalue weighted by Gasteiger charge is -2.44. The first-order valence-electron chi connectivity index (χ1n) is 15.1. The first-order valence-corrected chi connectivity index (χ1v) is 16.2. The van der Waals surface area contributed by atoms with Gasteiger partial charge in [-0.15, -0.1) is 0 Å². The number of hydrogen-bond acceptors (Lipinski definition) is 5. The second-order valence-corrected chi connectivity index (χ2v) is 12.4. The highest BCUT2D eigenvalue weighted by atomic mass is 127. The van der Waals surface area contributed by atoms with E-state index in [2.05, 4.69) is 51.8 Å². The van der Waals surface area contributed by atoms with Crippen molar-refractivity contribution in [1.29, 1.82) is 0 Å². The molecule has 2 aliphatic carbocycles. The Morgan fingerprint density at radius 1 is 0.837 bits per heavy atom. The molecule has 222 valence electrons. The number of ketones is 2. The highest BCUT2D eigenvalue weighted by Crippen LogP contribution is 2.50. The van der Waals surface area contributed by atoms with Gasteiger partial charge in [-0.3, -0.25) is 9.59 Å². The fourth-order valence-electron chi connectivity index (χ4n) is 6.60. The lowest BCUT2D eigenvalue weighted by atomic mass is 9.71. The fourth-order valence-corrected chi connectivity index (χ4v) is 7.38. The van der Waals surface area contributed by atoms with Crippen molar-refractivity contribution in [1.82, 2.24) is 4.90 Å². The second-order valence-electron chi connectivity index (χ2n) is 11.3. The zero-order valence-corrected chi connectivity index (χ0v) is 26.5. The highest BCUT2D eigenvalue weighted by Gasteiger charge is 2.43. The molecule has 0 bridgehead atoms. The van der Waals surface area contributed by atoms with Crippen LogP contribution in [0.5, 0.6) is 11.5 Å². The van der Waals surface area contributed by atoms with Gasteiger partial charge in [0.25, 0.3) is 0 Å². The van der Waals surface area contributed by atoms with Crippen LogP contribution in [0.4, 0.5) is 4.39 Å². The van der Waals surface area contributed by atoms with E-state index < -0.39 is 5.92 Å². The third-order valence-corrected chi connectivity index (χ3v) is 9.32. The second kappa shape index (κ2) is 13.0. The maximum absolute atomic E-state index is 13.8. The summed E-state index contributed by atoms with van der Waals surface area (Å²) in [4.78, 5) is 29.8. The molecule has 3 aromatic carbocycles. The van der Waals surface area contributed by atoms with E-state index in [1.54, 1.807) is 12.1 Å². The molecule has 0 unspecified atom stereocenters. The van der Waals surface area contributed by atoms with Crippen LogP contribution in [0.25, 0.3) is 0 Å². The van der Waals surface area contributed by atoms with Crippen molar-refractivity contribution < 1.29 is 23.5 Å². The number of rotatable bonds is 9. The minimum Gasteiger partial charge on any atom is -0.490 e. The first kappa shape index (κ1) is 29.6. The minimum atomic E-state index is -0.419. The Balaban J connectivity index is 1.41. The van der Waals surface area contributed by atoms with Crippen molar-refractivity contribution in [2.45, 2.75) is 64.4 Å². The molecule has 0 aromatic heterocycles. The molecule has 3 aromatic rings. The number of halogens is 2. The summed E-state index contributed by atoms with van der Waals surface area (Å²) in [6.45, 7) is 3.36. The third-order valence-electron chi connectivity index (χ3n) is 8.51. The van der Waals surface area contributed by atoms with Crippen molar-refractivity contribution in [3.05, 3.63) is 115 Å². The molecule has 1 heterocycles. The van der Waals surface area contributed by atoms with Gasteiger partial charge in [0, 0.05) is 47.8 Å². The van der Waals surface area contributed by atoms with Crippen molar-refractivity contribution in [3.8, 4) is 11.5 Å². The molecule has 6 rings (SSSR count). The van der Waals surface area contributed by atoms with Crippen LogP contribution in [-0.4, -0.2) is 29.6 Å². The molecular weight excluding hydrogens is 656 g/mol. The number of carbonyl (C=O) groups is 2. The van der Waals surface area contributed by atoms with Crippen molar-refractivity contribution in [2.24, 2.45) is 0 Å². The van der Waals surface area contributed by atoms with Crippen LogP contribution in [0.15, 0.2) is 89.3 Å². The van der Waals surface area contributed by atoms with Gasteiger partial charge in [0.2, 0.25) is 0 Å². The Kier molecular flexibility index (Phi) is 8.98. The average Bonchev–Trinajstić information content (AvgIpc) is 3.01. The summed E-state index contributed by atoms with van der Waals surface area (Å²) in [6, 6.07) is 20.6. The van der Waals surface area contributed by atoms with E-state index in [0.29, 0.717) is 30.9 Å². The summed E-state index contributed by atoms with van der Waals surface area (Å²) in [7, 11) is 0.